The number of carbonyl (C=O) groups excluding carboxylic acids is 2. The first-order valence-corrected chi connectivity index (χ1v) is 9.00. The van der Waals surface area contributed by atoms with Crippen LogP contribution in [0.2, 0.25) is 0 Å². The Morgan fingerprint density at radius 1 is 1.04 bits per heavy atom. The van der Waals surface area contributed by atoms with Crippen molar-refractivity contribution in [2.75, 3.05) is 13.1 Å². The number of piperidine rings is 1. The molecule has 2 fully saturated rings. The van der Waals surface area contributed by atoms with Crippen molar-refractivity contribution in [3.8, 4) is 0 Å². The van der Waals surface area contributed by atoms with E-state index >= 15 is 0 Å². The number of amides is 2. The van der Waals surface area contributed by atoms with Crippen LogP contribution in [0, 0.1) is 11.3 Å². The summed E-state index contributed by atoms with van der Waals surface area (Å²) >= 11 is 0. The van der Waals surface area contributed by atoms with Gasteiger partial charge in [0.05, 0.1) is 0 Å². The number of nitrogens with one attached hydrogen (secondary N) is 1. The summed E-state index contributed by atoms with van der Waals surface area (Å²) in [5.41, 5.74) is -1.50. The Hall–Kier alpha value is -1.59. The van der Waals surface area contributed by atoms with Crippen LogP contribution in [0.1, 0.15) is 65.7 Å². The standard InChI is InChI=1S/C18H30N2O4/c1-17(2,3)15(22)20-11-7-13(8-12-20)14(21)19-18(16(23)24)9-5-4-6-10-18/h13H,4-12H2,1-3H3,(H,19,21)(H,23,24). The van der Waals surface area contributed by atoms with Crippen LogP contribution in [-0.4, -0.2) is 46.4 Å². The topological polar surface area (TPSA) is 86.7 Å². The van der Waals surface area contributed by atoms with Crippen molar-refractivity contribution in [3.63, 3.8) is 0 Å². The monoisotopic (exact) mass is 338 g/mol. The van der Waals surface area contributed by atoms with Crippen molar-refractivity contribution < 1.29 is 19.5 Å². The van der Waals surface area contributed by atoms with Gasteiger partial charge in [0.25, 0.3) is 0 Å². The summed E-state index contributed by atoms with van der Waals surface area (Å²) in [6, 6.07) is 0. The van der Waals surface area contributed by atoms with Gasteiger partial charge in [0.1, 0.15) is 5.54 Å². The molecule has 1 aliphatic carbocycles. The molecule has 1 heterocycles. The average Bonchev–Trinajstić information content (AvgIpc) is 2.54. The average molecular weight is 338 g/mol. The molecule has 136 valence electrons. The third-order valence-corrected chi connectivity index (χ3v) is 5.27. The lowest BCUT2D eigenvalue weighted by molar-refractivity contribution is -0.150. The smallest absolute Gasteiger partial charge is 0.329 e. The fourth-order valence-electron chi connectivity index (χ4n) is 3.70. The van der Waals surface area contributed by atoms with Gasteiger partial charge in [0, 0.05) is 24.4 Å². The zero-order valence-electron chi connectivity index (χ0n) is 15.1. The Morgan fingerprint density at radius 2 is 1.58 bits per heavy atom. The van der Waals surface area contributed by atoms with E-state index in [-0.39, 0.29) is 17.7 Å². The first-order chi connectivity index (χ1) is 11.2. The van der Waals surface area contributed by atoms with Gasteiger partial charge in [0.15, 0.2) is 0 Å². The van der Waals surface area contributed by atoms with Gasteiger partial charge in [-0.1, -0.05) is 40.0 Å². The number of rotatable bonds is 3. The van der Waals surface area contributed by atoms with Crippen LogP contribution in [0.15, 0.2) is 0 Å². The predicted octanol–water partition coefficient (Wildman–Crippen LogP) is 2.17. The summed E-state index contributed by atoms with van der Waals surface area (Å²) in [5, 5.41) is 12.4. The quantitative estimate of drug-likeness (QED) is 0.826. The highest BCUT2D eigenvalue weighted by molar-refractivity contribution is 5.88. The molecule has 2 amide bonds. The van der Waals surface area contributed by atoms with Gasteiger partial charge in [-0.2, -0.15) is 0 Å². The summed E-state index contributed by atoms with van der Waals surface area (Å²) in [6.07, 6.45) is 4.92. The molecule has 1 aliphatic heterocycles. The van der Waals surface area contributed by atoms with Crippen LogP contribution in [0.5, 0.6) is 0 Å². The maximum absolute atomic E-state index is 12.6. The Balaban J connectivity index is 1.93. The number of hydrogen-bond donors (Lipinski definition) is 2. The zero-order chi connectivity index (χ0) is 18.0. The van der Waals surface area contributed by atoms with E-state index in [1.165, 1.54) is 0 Å². The molecular weight excluding hydrogens is 308 g/mol. The van der Waals surface area contributed by atoms with E-state index in [9.17, 15) is 19.5 Å². The maximum atomic E-state index is 12.6. The summed E-state index contributed by atoms with van der Waals surface area (Å²) in [7, 11) is 0. The molecule has 0 radical (unpaired) electrons. The van der Waals surface area contributed by atoms with Crippen LogP contribution in [-0.2, 0) is 14.4 Å². The first-order valence-electron chi connectivity index (χ1n) is 9.00. The van der Waals surface area contributed by atoms with E-state index in [1.54, 1.807) is 0 Å². The Kier molecular flexibility index (Phi) is 5.56. The second kappa shape index (κ2) is 7.11. The lowest BCUT2D eigenvalue weighted by Gasteiger charge is -2.38. The van der Waals surface area contributed by atoms with Gasteiger partial charge >= 0.3 is 5.97 Å². The van der Waals surface area contributed by atoms with Crippen LogP contribution in [0.4, 0.5) is 0 Å². The number of likely N-dealkylation sites (tertiary alicyclic amines) is 1. The number of carboxylic acid groups (broad SMARTS) is 1. The second-order valence-electron chi connectivity index (χ2n) is 8.25. The number of nitrogens with zero attached hydrogens (tertiary/aromatic N) is 1. The highest BCUT2D eigenvalue weighted by Crippen LogP contribution is 2.30. The van der Waals surface area contributed by atoms with Crippen LogP contribution >= 0.6 is 0 Å². The molecule has 2 aliphatic rings. The summed E-state index contributed by atoms with van der Waals surface area (Å²) in [5.74, 6) is -1.18. The minimum Gasteiger partial charge on any atom is -0.480 e. The molecule has 0 aromatic heterocycles. The van der Waals surface area contributed by atoms with Crippen LogP contribution in [0.3, 0.4) is 0 Å². The van der Waals surface area contributed by atoms with Crippen LogP contribution < -0.4 is 5.32 Å². The maximum Gasteiger partial charge on any atom is 0.329 e. The van der Waals surface area contributed by atoms with Gasteiger partial charge in [-0.05, 0) is 25.7 Å². The van der Waals surface area contributed by atoms with E-state index in [4.69, 9.17) is 0 Å². The van der Waals surface area contributed by atoms with E-state index in [0.29, 0.717) is 38.8 Å². The predicted molar refractivity (Wildman–Crippen MR) is 90.4 cm³/mol. The Morgan fingerprint density at radius 3 is 2.04 bits per heavy atom. The molecule has 2 N–H and O–H groups in total. The lowest BCUT2D eigenvalue weighted by Crippen LogP contribution is -2.57. The lowest BCUT2D eigenvalue weighted by atomic mass is 9.81. The SMILES string of the molecule is CC(C)(C)C(=O)N1CCC(C(=O)NC2(C(=O)O)CCCCC2)CC1. The summed E-state index contributed by atoms with van der Waals surface area (Å²) < 4.78 is 0. The highest BCUT2D eigenvalue weighted by Gasteiger charge is 2.42. The molecule has 1 saturated carbocycles. The molecule has 0 atom stereocenters. The molecule has 0 aromatic rings. The van der Waals surface area contributed by atoms with Gasteiger partial charge in [-0.25, -0.2) is 4.79 Å². The van der Waals surface area contributed by atoms with Crippen molar-refractivity contribution in [1.29, 1.82) is 0 Å². The van der Waals surface area contributed by atoms with Crippen molar-refractivity contribution in [1.82, 2.24) is 10.2 Å². The molecule has 0 unspecified atom stereocenters. The summed E-state index contributed by atoms with van der Waals surface area (Å²) in [4.78, 5) is 38.4. The minimum atomic E-state index is -1.09. The molecule has 24 heavy (non-hydrogen) atoms. The fraction of sp³-hybridized carbons (Fsp3) is 0.833. The molecule has 0 spiro atoms. The van der Waals surface area contributed by atoms with Crippen molar-refractivity contribution >= 4 is 17.8 Å². The Labute approximate surface area is 144 Å². The van der Waals surface area contributed by atoms with Gasteiger partial charge in [-0.15, -0.1) is 0 Å². The largest absolute Gasteiger partial charge is 0.480 e. The van der Waals surface area contributed by atoms with Crippen molar-refractivity contribution in [2.45, 2.75) is 71.3 Å². The van der Waals surface area contributed by atoms with Gasteiger partial charge in [0.2, 0.25) is 11.8 Å². The van der Waals surface area contributed by atoms with Crippen LogP contribution in [0.25, 0.3) is 0 Å². The third-order valence-electron chi connectivity index (χ3n) is 5.27. The van der Waals surface area contributed by atoms with Crippen molar-refractivity contribution in [3.05, 3.63) is 0 Å². The van der Waals surface area contributed by atoms with E-state index in [1.807, 2.05) is 25.7 Å². The van der Waals surface area contributed by atoms with Gasteiger partial charge < -0.3 is 15.3 Å². The number of carboxylic acids is 1. The highest BCUT2D eigenvalue weighted by atomic mass is 16.4. The zero-order valence-corrected chi connectivity index (χ0v) is 15.1. The molecule has 6 nitrogen and oxygen atoms in total. The Bertz CT molecular complexity index is 496. The van der Waals surface area contributed by atoms with E-state index in [0.717, 1.165) is 19.3 Å². The molecule has 0 bridgehead atoms. The number of aliphatic carboxylic acids is 1. The molecular formula is C18H30N2O4. The second-order valence-corrected chi connectivity index (χ2v) is 8.25. The first kappa shape index (κ1) is 18.7. The molecule has 1 saturated heterocycles. The van der Waals surface area contributed by atoms with E-state index in [2.05, 4.69) is 5.32 Å². The minimum absolute atomic E-state index is 0.107. The number of carbonyl (C=O) groups is 3. The third kappa shape index (κ3) is 4.08. The van der Waals surface area contributed by atoms with Crippen molar-refractivity contribution in [2.24, 2.45) is 11.3 Å². The molecule has 2 rings (SSSR count). The van der Waals surface area contributed by atoms with E-state index < -0.39 is 16.9 Å². The van der Waals surface area contributed by atoms with Gasteiger partial charge in [-0.3, -0.25) is 9.59 Å². The fourth-order valence-corrected chi connectivity index (χ4v) is 3.70. The number of hydrogen-bond acceptors (Lipinski definition) is 3. The molecule has 6 heteroatoms. The molecule has 0 aromatic carbocycles. The normalized spacial score (nSPS) is 22.0. The summed E-state index contributed by atoms with van der Waals surface area (Å²) in [6.45, 7) is 6.82.